The number of carbonyl (C=O) groups excluding carboxylic acids is 1. The molecule has 0 aliphatic rings. The van der Waals surface area contributed by atoms with Crippen LogP contribution in [-0.2, 0) is 4.79 Å². The summed E-state index contributed by atoms with van der Waals surface area (Å²) in [5.41, 5.74) is 2.81. The van der Waals surface area contributed by atoms with Crippen LogP contribution in [0, 0.1) is 37.2 Å². The zero-order valence-electron chi connectivity index (χ0n) is 15.1. The van der Waals surface area contributed by atoms with Crippen molar-refractivity contribution in [1.82, 2.24) is 24.8 Å². The van der Waals surface area contributed by atoms with E-state index in [1.807, 2.05) is 13.8 Å². The maximum Gasteiger partial charge on any atom is 0.254 e. The van der Waals surface area contributed by atoms with Gasteiger partial charge in [0.15, 0.2) is 9.54 Å². The van der Waals surface area contributed by atoms with Gasteiger partial charge in [-0.3, -0.25) is 24.4 Å². The molecule has 4 N–H and O–H groups in total. The molecule has 0 bridgehead atoms. The van der Waals surface area contributed by atoms with Gasteiger partial charge in [-0.25, -0.2) is 0 Å². The molecular weight excluding hydrogens is 362 g/mol. The molecule has 2 aromatic rings. The van der Waals surface area contributed by atoms with Crippen molar-refractivity contribution >= 4 is 30.8 Å². The van der Waals surface area contributed by atoms with Crippen LogP contribution in [0.4, 0.5) is 0 Å². The monoisotopic (exact) mass is 385 g/mol. The Morgan fingerprint density at radius 3 is 1.24 bits per heavy atom. The number of hydrogen-bond acceptors (Lipinski definition) is 5. The van der Waals surface area contributed by atoms with Crippen molar-refractivity contribution in [2.24, 2.45) is 0 Å². The summed E-state index contributed by atoms with van der Waals surface area (Å²) in [5, 5.41) is 0. The number of aromatic nitrogens is 4. The summed E-state index contributed by atoms with van der Waals surface area (Å²) in [7, 11) is 3.38. The standard InChI is InChI=1S/2C6H8N2OS.C3H7NO/c2*1-3-4(2)7-6(10)8-5(3)9;1-4(2)3-5/h2*1-2H3,(H2,7,8,9,10);3H,1-2H3. The topological polar surface area (TPSA) is 118 Å². The SMILES string of the molecule is CN(C)C=O.Cc1[nH]c(=S)[nH]c(=O)c1C.Cc1[nH]c(=S)[nH]c(=O)c1C. The Bertz CT molecular complexity index is 866. The number of hydrogen-bond donors (Lipinski definition) is 4. The molecule has 0 saturated heterocycles. The lowest BCUT2D eigenvalue weighted by atomic mass is 10.3. The third kappa shape index (κ3) is 8.36. The Labute approximate surface area is 155 Å². The van der Waals surface area contributed by atoms with E-state index >= 15 is 0 Å². The van der Waals surface area contributed by atoms with Crippen molar-refractivity contribution < 1.29 is 4.79 Å². The van der Waals surface area contributed by atoms with Gasteiger partial charge in [-0.1, -0.05) is 0 Å². The predicted octanol–water partition coefficient (Wildman–Crippen LogP) is 1.80. The number of nitrogens with zero attached hydrogens (tertiary/aromatic N) is 1. The molecule has 1 amide bonds. The summed E-state index contributed by atoms with van der Waals surface area (Å²) in [6.45, 7) is 7.14. The molecule has 0 spiro atoms. The molecule has 25 heavy (non-hydrogen) atoms. The second-order valence-electron chi connectivity index (χ2n) is 5.39. The molecule has 0 aliphatic heterocycles. The first kappa shape index (κ1) is 22.7. The van der Waals surface area contributed by atoms with Crippen LogP contribution in [0.15, 0.2) is 9.59 Å². The maximum absolute atomic E-state index is 10.9. The van der Waals surface area contributed by atoms with Crippen molar-refractivity contribution in [3.05, 3.63) is 52.8 Å². The van der Waals surface area contributed by atoms with Crippen LogP contribution in [0.2, 0.25) is 0 Å². The highest BCUT2D eigenvalue weighted by Crippen LogP contribution is 1.93. The zero-order valence-corrected chi connectivity index (χ0v) is 16.7. The molecule has 0 aliphatic carbocycles. The Morgan fingerprint density at radius 1 is 0.760 bits per heavy atom. The Kier molecular flexibility index (Phi) is 9.54. The molecule has 0 saturated carbocycles. The van der Waals surface area contributed by atoms with Gasteiger partial charge in [0.05, 0.1) is 0 Å². The van der Waals surface area contributed by atoms with Gasteiger partial charge in [-0.2, -0.15) is 0 Å². The number of rotatable bonds is 1. The second-order valence-corrected chi connectivity index (χ2v) is 6.20. The van der Waals surface area contributed by atoms with E-state index in [0.717, 1.165) is 17.8 Å². The lowest BCUT2D eigenvalue weighted by molar-refractivity contribution is -0.115. The third-order valence-corrected chi connectivity index (χ3v) is 3.48. The first-order valence-corrected chi connectivity index (χ1v) is 8.02. The van der Waals surface area contributed by atoms with Gasteiger partial charge >= 0.3 is 0 Å². The highest BCUT2D eigenvalue weighted by atomic mass is 32.1. The molecule has 0 fully saturated rings. The van der Waals surface area contributed by atoms with Gasteiger partial charge in [0.2, 0.25) is 6.41 Å². The number of aromatic amines is 4. The quantitative estimate of drug-likeness (QED) is 0.441. The predicted molar refractivity (Wildman–Crippen MR) is 103 cm³/mol. The first-order valence-electron chi connectivity index (χ1n) is 7.20. The van der Waals surface area contributed by atoms with Gasteiger partial charge in [0.25, 0.3) is 11.1 Å². The Balaban J connectivity index is 0.000000368. The molecule has 2 heterocycles. The number of carbonyl (C=O) groups is 1. The van der Waals surface area contributed by atoms with Gasteiger partial charge in [-0.05, 0) is 52.1 Å². The van der Waals surface area contributed by atoms with E-state index in [0.29, 0.717) is 20.7 Å². The van der Waals surface area contributed by atoms with Crippen LogP contribution in [0.25, 0.3) is 0 Å². The van der Waals surface area contributed by atoms with E-state index in [9.17, 15) is 14.4 Å². The largest absolute Gasteiger partial charge is 0.351 e. The summed E-state index contributed by atoms with van der Waals surface area (Å²) in [4.78, 5) is 43.4. The molecule has 8 nitrogen and oxygen atoms in total. The van der Waals surface area contributed by atoms with E-state index in [-0.39, 0.29) is 11.1 Å². The number of aryl methyl sites for hydroxylation is 2. The molecule has 0 aromatic carbocycles. The summed E-state index contributed by atoms with van der Waals surface area (Å²) in [5.74, 6) is 0. The molecule has 2 aromatic heterocycles. The van der Waals surface area contributed by atoms with Crippen molar-refractivity contribution in [3.63, 3.8) is 0 Å². The van der Waals surface area contributed by atoms with Crippen LogP contribution in [0.3, 0.4) is 0 Å². The summed E-state index contributed by atoms with van der Waals surface area (Å²) in [6, 6.07) is 0. The maximum atomic E-state index is 10.9. The van der Waals surface area contributed by atoms with E-state index in [4.69, 9.17) is 24.4 Å². The highest BCUT2D eigenvalue weighted by Gasteiger charge is 1.96. The average Bonchev–Trinajstić information content (AvgIpc) is 2.51. The number of nitrogens with one attached hydrogen (secondary N) is 4. The van der Waals surface area contributed by atoms with Crippen molar-refractivity contribution in [3.8, 4) is 0 Å². The molecule has 0 atom stereocenters. The molecule has 0 unspecified atom stereocenters. The smallest absolute Gasteiger partial charge is 0.254 e. The minimum absolute atomic E-state index is 0.110. The normalized spacial score (nSPS) is 9.20. The second kappa shape index (κ2) is 10.5. The van der Waals surface area contributed by atoms with Crippen LogP contribution >= 0.6 is 24.4 Å². The van der Waals surface area contributed by atoms with Gasteiger partial charge in [-0.15, -0.1) is 0 Å². The number of H-pyrrole nitrogens is 4. The zero-order chi connectivity index (χ0) is 19.7. The van der Waals surface area contributed by atoms with E-state index in [1.165, 1.54) is 4.90 Å². The van der Waals surface area contributed by atoms with Gasteiger partial charge in [0, 0.05) is 36.6 Å². The lowest BCUT2D eigenvalue weighted by Crippen LogP contribution is -2.12. The van der Waals surface area contributed by atoms with Gasteiger partial charge < -0.3 is 14.9 Å². The van der Waals surface area contributed by atoms with E-state index in [2.05, 4.69) is 19.9 Å². The summed E-state index contributed by atoms with van der Waals surface area (Å²) >= 11 is 9.47. The highest BCUT2D eigenvalue weighted by molar-refractivity contribution is 7.71. The van der Waals surface area contributed by atoms with E-state index < -0.39 is 0 Å². The Hall–Kier alpha value is -2.33. The summed E-state index contributed by atoms with van der Waals surface area (Å²) in [6.07, 6.45) is 0.750. The molecule has 2 rings (SSSR count). The van der Waals surface area contributed by atoms with E-state index in [1.54, 1.807) is 27.9 Å². The molecule has 0 radical (unpaired) electrons. The minimum Gasteiger partial charge on any atom is -0.351 e. The molecule has 10 heteroatoms. The Morgan fingerprint density at radius 2 is 1.04 bits per heavy atom. The fourth-order valence-corrected chi connectivity index (χ4v) is 1.82. The van der Waals surface area contributed by atoms with Crippen molar-refractivity contribution in [1.29, 1.82) is 0 Å². The van der Waals surface area contributed by atoms with Crippen LogP contribution in [0.1, 0.15) is 22.5 Å². The average molecular weight is 386 g/mol. The molecule has 138 valence electrons. The third-order valence-electron chi connectivity index (χ3n) is 3.07. The minimum atomic E-state index is -0.110. The number of amides is 1. The van der Waals surface area contributed by atoms with Crippen molar-refractivity contribution in [2.75, 3.05) is 14.1 Å². The van der Waals surface area contributed by atoms with Crippen LogP contribution in [-0.4, -0.2) is 45.3 Å². The summed E-state index contributed by atoms with van der Waals surface area (Å²) < 4.78 is 0.765. The van der Waals surface area contributed by atoms with Gasteiger partial charge in [0.1, 0.15) is 0 Å². The molecular formula is C15H23N5O3S2. The first-order chi connectivity index (χ1) is 11.5. The van der Waals surface area contributed by atoms with Crippen LogP contribution in [0.5, 0.6) is 0 Å². The van der Waals surface area contributed by atoms with Crippen LogP contribution < -0.4 is 11.1 Å². The fourth-order valence-electron chi connectivity index (χ4n) is 1.32. The van der Waals surface area contributed by atoms with Crippen molar-refractivity contribution in [2.45, 2.75) is 27.7 Å². The lowest BCUT2D eigenvalue weighted by Gasteiger charge is -1.95. The fraction of sp³-hybridized carbons (Fsp3) is 0.400.